The highest BCUT2D eigenvalue weighted by molar-refractivity contribution is 5.37. The Morgan fingerprint density at radius 2 is 1.88 bits per heavy atom. The number of rotatable bonds is 2. The van der Waals surface area contributed by atoms with Crippen LogP contribution in [0.25, 0.3) is 0 Å². The third-order valence-corrected chi connectivity index (χ3v) is 3.29. The molecule has 0 saturated heterocycles. The monoisotopic (exact) mass is 214 g/mol. The number of methoxy groups -OCH3 is 1. The summed E-state index contributed by atoms with van der Waals surface area (Å²) in [5.41, 5.74) is 2.77. The first-order valence-electron chi connectivity index (χ1n) is 5.64. The van der Waals surface area contributed by atoms with Crippen molar-refractivity contribution in [3.8, 4) is 0 Å². The highest BCUT2D eigenvalue weighted by Crippen LogP contribution is 2.33. The van der Waals surface area contributed by atoms with Crippen LogP contribution in [0.4, 0.5) is 0 Å². The maximum absolute atomic E-state index is 5.21. The van der Waals surface area contributed by atoms with Gasteiger partial charge in [0.1, 0.15) is 5.76 Å². The molecule has 0 saturated carbocycles. The molecule has 1 aromatic carbocycles. The van der Waals surface area contributed by atoms with Crippen molar-refractivity contribution < 1.29 is 4.74 Å². The second-order valence-corrected chi connectivity index (χ2v) is 4.63. The zero-order valence-electron chi connectivity index (χ0n) is 10.2. The van der Waals surface area contributed by atoms with Crippen molar-refractivity contribution >= 4 is 0 Å². The van der Waals surface area contributed by atoms with Gasteiger partial charge < -0.3 is 4.74 Å². The van der Waals surface area contributed by atoms with E-state index in [1.54, 1.807) is 7.11 Å². The van der Waals surface area contributed by atoms with Gasteiger partial charge in [0, 0.05) is 5.41 Å². The number of hydrogen-bond donors (Lipinski definition) is 0. The van der Waals surface area contributed by atoms with Crippen LogP contribution in [-0.2, 0) is 10.2 Å². The van der Waals surface area contributed by atoms with Crippen LogP contribution in [0.15, 0.2) is 48.3 Å². The van der Waals surface area contributed by atoms with Crippen LogP contribution < -0.4 is 0 Å². The normalized spacial score (nSPS) is 24.1. The number of aryl methyl sites for hydroxylation is 1. The summed E-state index contributed by atoms with van der Waals surface area (Å²) in [5, 5.41) is 0. The molecule has 84 valence electrons. The van der Waals surface area contributed by atoms with E-state index in [-0.39, 0.29) is 5.41 Å². The third kappa shape index (κ3) is 2.04. The summed E-state index contributed by atoms with van der Waals surface area (Å²) in [6.07, 6.45) is 7.44. The number of ether oxygens (including phenoxy) is 1. The van der Waals surface area contributed by atoms with Crippen molar-refractivity contribution in [1.82, 2.24) is 0 Å². The quantitative estimate of drug-likeness (QED) is 0.728. The molecule has 0 aliphatic heterocycles. The van der Waals surface area contributed by atoms with E-state index in [4.69, 9.17) is 4.74 Å². The molecule has 1 aromatic rings. The fourth-order valence-corrected chi connectivity index (χ4v) is 2.01. The van der Waals surface area contributed by atoms with Gasteiger partial charge in [-0.3, -0.25) is 0 Å². The second-order valence-electron chi connectivity index (χ2n) is 4.63. The van der Waals surface area contributed by atoms with E-state index in [0.29, 0.717) is 0 Å². The topological polar surface area (TPSA) is 9.23 Å². The van der Waals surface area contributed by atoms with E-state index >= 15 is 0 Å². The minimum atomic E-state index is 0.107. The highest BCUT2D eigenvalue weighted by Gasteiger charge is 2.24. The Hall–Kier alpha value is -1.50. The van der Waals surface area contributed by atoms with Crippen molar-refractivity contribution in [2.45, 2.75) is 25.7 Å². The summed E-state index contributed by atoms with van der Waals surface area (Å²) in [7, 11) is 1.71. The summed E-state index contributed by atoms with van der Waals surface area (Å²) in [4.78, 5) is 0. The van der Waals surface area contributed by atoms with E-state index in [1.807, 2.05) is 0 Å². The van der Waals surface area contributed by atoms with Crippen LogP contribution in [-0.4, -0.2) is 7.11 Å². The van der Waals surface area contributed by atoms with Crippen LogP contribution in [0.1, 0.15) is 24.5 Å². The van der Waals surface area contributed by atoms with Crippen LogP contribution >= 0.6 is 0 Å². The molecule has 0 heterocycles. The molecule has 0 aromatic heterocycles. The molecule has 2 rings (SSSR count). The average Bonchev–Trinajstić information content (AvgIpc) is 2.31. The molecule has 1 heteroatoms. The van der Waals surface area contributed by atoms with E-state index in [1.165, 1.54) is 11.1 Å². The molecule has 0 bridgehead atoms. The largest absolute Gasteiger partial charge is 0.497 e. The standard InChI is InChI=1S/C15H18O/c1-12-4-6-13(7-5-12)15(2)10-8-14(16-3)9-11-15/h4-10H,11H2,1-3H3. The smallest absolute Gasteiger partial charge is 0.114 e. The Morgan fingerprint density at radius 3 is 2.38 bits per heavy atom. The van der Waals surface area contributed by atoms with Gasteiger partial charge in [-0.25, -0.2) is 0 Å². The predicted octanol–water partition coefficient (Wildman–Crippen LogP) is 3.74. The van der Waals surface area contributed by atoms with Crippen LogP contribution in [0.5, 0.6) is 0 Å². The maximum atomic E-state index is 5.21. The summed E-state index contributed by atoms with van der Waals surface area (Å²) < 4.78 is 5.21. The van der Waals surface area contributed by atoms with Crippen molar-refractivity contribution in [1.29, 1.82) is 0 Å². The summed E-state index contributed by atoms with van der Waals surface area (Å²) in [5.74, 6) is 0.963. The average molecular weight is 214 g/mol. The Morgan fingerprint density at radius 1 is 1.19 bits per heavy atom. The lowest BCUT2D eigenvalue weighted by atomic mass is 9.77. The van der Waals surface area contributed by atoms with E-state index < -0.39 is 0 Å². The molecular weight excluding hydrogens is 196 g/mol. The molecular formula is C15H18O. The molecule has 0 spiro atoms. The van der Waals surface area contributed by atoms with Crippen LogP contribution in [0.2, 0.25) is 0 Å². The molecule has 0 radical (unpaired) electrons. The van der Waals surface area contributed by atoms with Gasteiger partial charge in [-0.05, 0) is 31.1 Å². The van der Waals surface area contributed by atoms with Gasteiger partial charge in [0.2, 0.25) is 0 Å². The maximum Gasteiger partial charge on any atom is 0.114 e. The fourth-order valence-electron chi connectivity index (χ4n) is 2.01. The first-order chi connectivity index (χ1) is 7.64. The van der Waals surface area contributed by atoms with Crippen LogP contribution in [0.3, 0.4) is 0 Å². The number of hydrogen-bond acceptors (Lipinski definition) is 1. The van der Waals surface area contributed by atoms with Gasteiger partial charge in [-0.1, -0.05) is 42.8 Å². The van der Waals surface area contributed by atoms with Crippen molar-refractivity contribution in [3.05, 3.63) is 59.4 Å². The van der Waals surface area contributed by atoms with Gasteiger partial charge in [0.05, 0.1) is 7.11 Å². The molecule has 1 aliphatic rings. The molecule has 1 atom stereocenters. The zero-order chi connectivity index (χ0) is 11.6. The summed E-state index contributed by atoms with van der Waals surface area (Å²) in [6, 6.07) is 8.77. The molecule has 16 heavy (non-hydrogen) atoms. The summed E-state index contributed by atoms with van der Waals surface area (Å²) in [6.45, 7) is 4.38. The van der Waals surface area contributed by atoms with Gasteiger partial charge in [0.15, 0.2) is 0 Å². The highest BCUT2D eigenvalue weighted by atomic mass is 16.5. The van der Waals surface area contributed by atoms with Gasteiger partial charge in [0.25, 0.3) is 0 Å². The molecule has 1 nitrogen and oxygen atoms in total. The Bertz CT molecular complexity index is 425. The molecule has 1 aliphatic carbocycles. The Balaban J connectivity index is 2.26. The minimum absolute atomic E-state index is 0.107. The predicted molar refractivity (Wildman–Crippen MR) is 67.4 cm³/mol. The minimum Gasteiger partial charge on any atom is -0.497 e. The summed E-state index contributed by atoms with van der Waals surface area (Å²) >= 11 is 0. The Kier molecular flexibility index (Phi) is 2.86. The number of benzene rings is 1. The lowest BCUT2D eigenvalue weighted by Crippen LogP contribution is -2.20. The van der Waals surface area contributed by atoms with Gasteiger partial charge >= 0.3 is 0 Å². The van der Waals surface area contributed by atoms with E-state index in [9.17, 15) is 0 Å². The lowest BCUT2D eigenvalue weighted by molar-refractivity contribution is 0.300. The SMILES string of the molecule is COC1=CCC(C)(c2ccc(C)cc2)C=C1. The first-order valence-corrected chi connectivity index (χ1v) is 5.64. The molecule has 0 amide bonds. The fraction of sp³-hybridized carbons (Fsp3) is 0.333. The molecule has 0 N–H and O–H groups in total. The Labute approximate surface area is 97.4 Å². The van der Waals surface area contributed by atoms with Gasteiger partial charge in [-0.2, -0.15) is 0 Å². The van der Waals surface area contributed by atoms with E-state index in [2.05, 4.69) is 56.3 Å². The second kappa shape index (κ2) is 4.17. The van der Waals surface area contributed by atoms with Crippen molar-refractivity contribution in [3.63, 3.8) is 0 Å². The van der Waals surface area contributed by atoms with Crippen molar-refractivity contribution in [2.24, 2.45) is 0 Å². The van der Waals surface area contributed by atoms with E-state index in [0.717, 1.165) is 12.2 Å². The van der Waals surface area contributed by atoms with Crippen molar-refractivity contribution in [2.75, 3.05) is 7.11 Å². The molecule has 0 fully saturated rings. The number of allylic oxidation sites excluding steroid dienone is 3. The molecule has 1 unspecified atom stereocenters. The zero-order valence-corrected chi connectivity index (χ0v) is 10.2. The lowest BCUT2D eigenvalue weighted by Gasteiger charge is -2.28. The first kappa shape index (κ1) is 11.0. The van der Waals surface area contributed by atoms with Gasteiger partial charge in [-0.15, -0.1) is 0 Å². The van der Waals surface area contributed by atoms with Crippen LogP contribution in [0, 0.1) is 6.92 Å². The third-order valence-electron chi connectivity index (χ3n) is 3.29.